The fourth-order valence-electron chi connectivity index (χ4n) is 4.25. The number of thioether (sulfide) groups is 1. The second-order valence-corrected chi connectivity index (χ2v) is 9.93. The Labute approximate surface area is 195 Å². The van der Waals surface area contributed by atoms with Gasteiger partial charge in [-0.3, -0.25) is 9.79 Å². The number of esters is 1. The van der Waals surface area contributed by atoms with E-state index >= 15 is 8.78 Å². The number of ether oxygens (including phenoxy) is 2. The Balaban J connectivity index is 1.74. The van der Waals surface area contributed by atoms with Crippen LogP contribution >= 0.6 is 27.7 Å². The van der Waals surface area contributed by atoms with Crippen molar-refractivity contribution >= 4 is 38.8 Å². The summed E-state index contributed by atoms with van der Waals surface area (Å²) in [7, 11) is 2.62. The summed E-state index contributed by atoms with van der Waals surface area (Å²) in [4.78, 5) is 17.1. The second kappa shape index (κ2) is 7.98. The van der Waals surface area contributed by atoms with Crippen molar-refractivity contribution in [2.24, 2.45) is 10.9 Å². The van der Waals surface area contributed by atoms with Gasteiger partial charge in [0.15, 0.2) is 9.91 Å². The van der Waals surface area contributed by atoms with Crippen LogP contribution in [0.1, 0.15) is 18.1 Å². The molecule has 2 aromatic carbocycles. The number of rotatable bonds is 5. The zero-order valence-corrected chi connectivity index (χ0v) is 19.8. The quantitative estimate of drug-likeness (QED) is 0.560. The van der Waals surface area contributed by atoms with E-state index in [1.165, 1.54) is 25.1 Å². The van der Waals surface area contributed by atoms with Crippen LogP contribution in [0.5, 0.6) is 5.75 Å². The molecule has 0 bridgehead atoms. The number of hydrogen-bond acceptors (Lipinski definition) is 6. The zero-order valence-electron chi connectivity index (χ0n) is 17.4. The Morgan fingerprint density at radius 2 is 1.91 bits per heavy atom. The molecule has 1 aliphatic heterocycles. The number of nitrogens with one attached hydrogen (secondary N) is 1. The van der Waals surface area contributed by atoms with Gasteiger partial charge in [-0.25, -0.2) is 13.2 Å². The fraction of sp³-hybridized carbons (Fsp3) is 0.364. The molecule has 0 spiro atoms. The molecule has 2 aromatic rings. The predicted octanol–water partition coefficient (Wildman–Crippen LogP) is 4.88. The second-order valence-electron chi connectivity index (χ2n) is 7.78. The summed E-state index contributed by atoms with van der Waals surface area (Å²) in [5.41, 5.74) is -0.869. The average Bonchev–Trinajstić information content (AvgIpc) is 3.30. The van der Waals surface area contributed by atoms with Crippen molar-refractivity contribution in [2.75, 3.05) is 14.2 Å². The predicted molar refractivity (Wildman–Crippen MR) is 119 cm³/mol. The van der Waals surface area contributed by atoms with Crippen LogP contribution in [0.25, 0.3) is 0 Å². The molecule has 1 aliphatic carbocycles. The third kappa shape index (κ3) is 3.39. The first-order valence-electron chi connectivity index (χ1n) is 9.67. The maximum absolute atomic E-state index is 15.3. The van der Waals surface area contributed by atoms with E-state index in [1.54, 1.807) is 19.2 Å². The van der Waals surface area contributed by atoms with E-state index in [2.05, 4.69) is 26.2 Å². The van der Waals surface area contributed by atoms with Crippen LogP contribution in [0.2, 0.25) is 0 Å². The highest BCUT2D eigenvalue weighted by molar-refractivity contribution is 9.10. The Morgan fingerprint density at radius 3 is 2.53 bits per heavy atom. The SMILES string of the molecule is COC(=O)C12SC(NCc3ccc(OC)cc3)=NC(C)(c3cc(Br)ccc3F)C1C2(F)F. The van der Waals surface area contributed by atoms with E-state index in [4.69, 9.17) is 9.47 Å². The molecule has 10 heteroatoms. The highest BCUT2D eigenvalue weighted by Gasteiger charge is 2.92. The largest absolute Gasteiger partial charge is 0.497 e. The third-order valence-electron chi connectivity index (χ3n) is 5.90. The van der Waals surface area contributed by atoms with Crippen LogP contribution in [0.3, 0.4) is 0 Å². The van der Waals surface area contributed by atoms with Gasteiger partial charge in [-0.1, -0.05) is 39.8 Å². The van der Waals surface area contributed by atoms with Crippen molar-refractivity contribution in [3.05, 3.63) is 63.9 Å². The maximum atomic E-state index is 15.3. The molecular weight excluding hydrogens is 509 g/mol. The van der Waals surface area contributed by atoms with Gasteiger partial charge >= 0.3 is 5.97 Å². The number of methoxy groups -OCH3 is 2. The summed E-state index contributed by atoms with van der Waals surface area (Å²) in [6.07, 6.45) is 0. The number of nitrogens with zero attached hydrogens (tertiary/aromatic N) is 1. The lowest BCUT2D eigenvalue weighted by molar-refractivity contribution is -0.143. The van der Waals surface area contributed by atoms with E-state index in [-0.39, 0.29) is 17.3 Å². The van der Waals surface area contributed by atoms with Gasteiger partial charge in [0.25, 0.3) is 5.92 Å². The third-order valence-corrected chi connectivity index (χ3v) is 7.82. The average molecular weight is 529 g/mol. The monoisotopic (exact) mass is 528 g/mol. The van der Waals surface area contributed by atoms with Crippen LogP contribution < -0.4 is 10.1 Å². The summed E-state index contributed by atoms with van der Waals surface area (Å²) in [5, 5.41) is 3.14. The summed E-state index contributed by atoms with van der Waals surface area (Å²) in [6.45, 7) is 1.69. The van der Waals surface area contributed by atoms with Crippen molar-refractivity contribution < 1.29 is 27.4 Å². The molecule has 0 amide bonds. The summed E-state index contributed by atoms with van der Waals surface area (Å²) >= 11 is 3.90. The molecule has 3 atom stereocenters. The number of benzene rings is 2. The molecule has 1 saturated carbocycles. The molecule has 2 aliphatic rings. The van der Waals surface area contributed by atoms with Crippen molar-refractivity contribution in [1.29, 1.82) is 0 Å². The van der Waals surface area contributed by atoms with Crippen LogP contribution in [0.15, 0.2) is 51.9 Å². The molecular formula is C22H20BrF3N2O3S. The molecule has 32 heavy (non-hydrogen) atoms. The molecule has 1 N–H and O–H groups in total. The van der Waals surface area contributed by atoms with Gasteiger partial charge in [-0.05, 0) is 42.8 Å². The van der Waals surface area contributed by atoms with Crippen molar-refractivity contribution in [3.63, 3.8) is 0 Å². The lowest BCUT2D eigenvalue weighted by Gasteiger charge is -2.33. The van der Waals surface area contributed by atoms with Gasteiger partial charge < -0.3 is 14.8 Å². The smallest absolute Gasteiger partial charge is 0.329 e. The normalized spacial score (nSPS) is 27.7. The molecule has 1 heterocycles. The van der Waals surface area contributed by atoms with E-state index in [1.807, 2.05) is 12.1 Å². The Bertz CT molecular complexity index is 1100. The van der Waals surface area contributed by atoms with Crippen molar-refractivity contribution in [1.82, 2.24) is 5.32 Å². The van der Waals surface area contributed by atoms with Gasteiger partial charge in [0.05, 0.1) is 25.7 Å². The minimum absolute atomic E-state index is 0.0219. The van der Waals surface area contributed by atoms with Gasteiger partial charge in [0.2, 0.25) is 0 Å². The molecule has 4 rings (SSSR count). The zero-order chi connectivity index (χ0) is 23.3. The molecule has 3 unspecified atom stereocenters. The number of alkyl halides is 2. The van der Waals surface area contributed by atoms with E-state index in [0.29, 0.717) is 22.0 Å². The van der Waals surface area contributed by atoms with Gasteiger partial charge in [0, 0.05) is 16.6 Å². The van der Waals surface area contributed by atoms with Gasteiger partial charge in [0.1, 0.15) is 11.6 Å². The van der Waals surface area contributed by atoms with E-state index < -0.39 is 33.9 Å². The molecule has 1 fully saturated rings. The molecule has 0 radical (unpaired) electrons. The Morgan fingerprint density at radius 1 is 1.22 bits per heavy atom. The number of amidine groups is 1. The first kappa shape index (κ1) is 23.0. The highest BCUT2D eigenvalue weighted by atomic mass is 79.9. The molecule has 5 nitrogen and oxygen atoms in total. The summed E-state index contributed by atoms with van der Waals surface area (Å²) in [6, 6.07) is 11.3. The molecule has 0 aromatic heterocycles. The van der Waals surface area contributed by atoms with Crippen LogP contribution in [0.4, 0.5) is 13.2 Å². The van der Waals surface area contributed by atoms with Crippen LogP contribution in [-0.4, -0.2) is 36.0 Å². The molecule has 170 valence electrons. The number of aliphatic imine (C=N–C) groups is 1. The Hall–Kier alpha value is -2.20. The van der Waals surface area contributed by atoms with E-state index in [9.17, 15) is 9.18 Å². The summed E-state index contributed by atoms with van der Waals surface area (Å²) in [5.74, 6) is -6.06. The maximum Gasteiger partial charge on any atom is 0.329 e. The summed E-state index contributed by atoms with van der Waals surface area (Å²) < 4.78 is 53.5. The standard InChI is InChI=1S/C22H20BrF3N2O3S/c1-20(15-10-13(23)6-9-16(15)24)17-21(18(29)31-3,22(17,25)26)32-19(28-20)27-11-12-4-7-14(30-2)8-5-12/h4-10,17H,11H2,1-3H3,(H,27,28). The van der Waals surface area contributed by atoms with Gasteiger partial charge in [-0.2, -0.15) is 0 Å². The Kier molecular flexibility index (Phi) is 5.73. The number of halogens is 4. The minimum Gasteiger partial charge on any atom is -0.497 e. The number of carbonyl (C=O) groups is 1. The van der Waals surface area contributed by atoms with Crippen molar-refractivity contribution in [3.8, 4) is 5.75 Å². The van der Waals surface area contributed by atoms with Crippen molar-refractivity contribution in [2.45, 2.75) is 29.7 Å². The number of carbonyl (C=O) groups excluding carboxylic acids is 1. The first-order valence-corrected chi connectivity index (χ1v) is 11.3. The number of hydrogen-bond donors (Lipinski definition) is 1. The fourth-order valence-corrected chi connectivity index (χ4v) is 6.16. The van der Waals surface area contributed by atoms with Gasteiger partial charge in [-0.15, -0.1) is 0 Å². The van der Waals surface area contributed by atoms with Crippen LogP contribution in [-0.2, 0) is 21.6 Å². The first-order chi connectivity index (χ1) is 15.1. The highest BCUT2D eigenvalue weighted by Crippen LogP contribution is 2.75. The minimum atomic E-state index is -3.44. The lowest BCUT2D eigenvalue weighted by atomic mass is 9.85. The topological polar surface area (TPSA) is 59.9 Å². The number of fused-ring (bicyclic) bond motifs is 1. The van der Waals surface area contributed by atoms with E-state index in [0.717, 1.165) is 12.7 Å². The van der Waals surface area contributed by atoms with Crippen LogP contribution in [0, 0.1) is 11.7 Å². The molecule has 0 saturated heterocycles. The lowest BCUT2D eigenvalue weighted by Crippen LogP contribution is -2.41.